The Kier molecular flexibility index (Phi) is 5.18. The lowest BCUT2D eigenvalue weighted by molar-refractivity contribution is -0.118. The molecular formula is C11H16N6OS. The molecule has 1 heterocycles. The van der Waals surface area contributed by atoms with E-state index in [9.17, 15) is 4.79 Å². The third kappa shape index (κ3) is 4.89. The van der Waals surface area contributed by atoms with Crippen LogP contribution in [0.2, 0.25) is 0 Å². The average Bonchev–Trinajstić information content (AvgIpc) is 3.12. The molecule has 1 aromatic heterocycles. The lowest BCUT2D eigenvalue weighted by Gasteiger charge is -2.05. The van der Waals surface area contributed by atoms with Gasteiger partial charge in [-0.25, -0.2) is 4.68 Å². The summed E-state index contributed by atoms with van der Waals surface area (Å²) in [5.74, 6) is 2.50. The fourth-order valence-corrected chi connectivity index (χ4v) is 2.17. The number of hydrogen-bond acceptors (Lipinski definition) is 6. The van der Waals surface area contributed by atoms with Crippen LogP contribution in [0.3, 0.4) is 0 Å². The highest BCUT2D eigenvalue weighted by Gasteiger charge is 2.20. The van der Waals surface area contributed by atoms with Gasteiger partial charge in [-0.1, -0.05) is 17.7 Å². The van der Waals surface area contributed by atoms with Crippen LogP contribution in [-0.4, -0.2) is 51.0 Å². The van der Waals surface area contributed by atoms with E-state index < -0.39 is 0 Å². The molecule has 2 rings (SSSR count). The van der Waals surface area contributed by atoms with Gasteiger partial charge in [0.2, 0.25) is 11.1 Å². The van der Waals surface area contributed by atoms with Crippen LogP contribution in [0.5, 0.6) is 0 Å². The lowest BCUT2D eigenvalue weighted by atomic mass is 10.6. The minimum Gasteiger partial charge on any atom is -0.344 e. The van der Waals surface area contributed by atoms with Crippen molar-refractivity contribution < 1.29 is 4.79 Å². The molecule has 7 nitrogen and oxygen atoms in total. The number of terminal acetylenes is 1. The van der Waals surface area contributed by atoms with Gasteiger partial charge < -0.3 is 10.6 Å². The number of carbonyl (C=O) groups is 1. The Morgan fingerprint density at radius 2 is 2.42 bits per heavy atom. The van der Waals surface area contributed by atoms with Crippen LogP contribution in [0.1, 0.15) is 12.8 Å². The standard InChI is InChI=1S/C11H16N6OS/c1-2-5-13-10(18)8-19-11-14-15-16-17(11)7-6-12-9-3-4-9/h1,9,12H,3-8H2,(H,13,18). The third-order valence-corrected chi connectivity index (χ3v) is 3.51. The van der Waals surface area contributed by atoms with Crippen molar-refractivity contribution in [1.29, 1.82) is 0 Å². The summed E-state index contributed by atoms with van der Waals surface area (Å²) in [6, 6.07) is 0.669. The van der Waals surface area contributed by atoms with Gasteiger partial charge >= 0.3 is 0 Å². The first-order valence-electron chi connectivity index (χ1n) is 6.12. The summed E-state index contributed by atoms with van der Waals surface area (Å²) < 4.78 is 1.70. The van der Waals surface area contributed by atoms with Crippen molar-refractivity contribution in [2.45, 2.75) is 30.6 Å². The highest BCUT2D eigenvalue weighted by molar-refractivity contribution is 7.99. The van der Waals surface area contributed by atoms with E-state index in [1.165, 1.54) is 24.6 Å². The normalized spacial score (nSPS) is 14.1. The van der Waals surface area contributed by atoms with E-state index in [0.717, 1.165) is 6.54 Å². The van der Waals surface area contributed by atoms with Crippen molar-refractivity contribution in [1.82, 2.24) is 30.8 Å². The molecule has 102 valence electrons. The van der Waals surface area contributed by atoms with Gasteiger partial charge in [0.05, 0.1) is 18.8 Å². The number of thioether (sulfide) groups is 1. The number of tetrazole rings is 1. The minimum absolute atomic E-state index is 0.117. The zero-order valence-corrected chi connectivity index (χ0v) is 11.3. The van der Waals surface area contributed by atoms with Gasteiger partial charge in [-0.3, -0.25) is 4.79 Å². The summed E-state index contributed by atoms with van der Waals surface area (Å²) in [5.41, 5.74) is 0. The molecule has 1 aliphatic rings. The summed E-state index contributed by atoms with van der Waals surface area (Å²) in [7, 11) is 0. The van der Waals surface area contributed by atoms with Crippen molar-refractivity contribution >= 4 is 17.7 Å². The molecule has 19 heavy (non-hydrogen) atoms. The van der Waals surface area contributed by atoms with Gasteiger partial charge in [0, 0.05) is 12.6 Å². The molecular weight excluding hydrogens is 264 g/mol. The second-order valence-electron chi connectivity index (χ2n) is 4.18. The summed E-state index contributed by atoms with van der Waals surface area (Å²) in [6.45, 7) is 1.79. The summed E-state index contributed by atoms with van der Waals surface area (Å²) in [4.78, 5) is 11.4. The van der Waals surface area contributed by atoms with Crippen molar-refractivity contribution in [3.05, 3.63) is 0 Å². The molecule has 1 saturated carbocycles. The molecule has 1 aliphatic carbocycles. The molecule has 0 atom stereocenters. The molecule has 0 spiro atoms. The van der Waals surface area contributed by atoms with Crippen molar-refractivity contribution in [2.75, 3.05) is 18.8 Å². The molecule has 1 amide bonds. The number of amides is 1. The van der Waals surface area contributed by atoms with Crippen molar-refractivity contribution in [3.63, 3.8) is 0 Å². The van der Waals surface area contributed by atoms with Gasteiger partial charge in [-0.15, -0.1) is 11.5 Å². The van der Waals surface area contributed by atoms with Crippen LogP contribution in [-0.2, 0) is 11.3 Å². The SMILES string of the molecule is C#CCNC(=O)CSc1nnnn1CCNC1CC1. The Morgan fingerprint density at radius 1 is 1.58 bits per heavy atom. The monoisotopic (exact) mass is 280 g/mol. The van der Waals surface area contributed by atoms with Crippen molar-refractivity contribution in [3.8, 4) is 12.3 Å². The predicted molar refractivity (Wildman–Crippen MR) is 71.4 cm³/mol. The predicted octanol–water partition coefficient (Wildman–Crippen LogP) is -0.733. The van der Waals surface area contributed by atoms with Gasteiger partial charge in [-0.05, 0) is 23.3 Å². The largest absolute Gasteiger partial charge is 0.344 e. The average molecular weight is 280 g/mol. The van der Waals surface area contributed by atoms with E-state index in [2.05, 4.69) is 32.1 Å². The van der Waals surface area contributed by atoms with Gasteiger partial charge in [0.25, 0.3) is 0 Å². The van der Waals surface area contributed by atoms with Crippen molar-refractivity contribution in [2.24, 2.45) is 0 Å². The number of carbonyl (C=O) groups excluding carboxylic acids is 1. The number of rotatable bonds is 8. The fraction of sp³-hybridized carbons (Fsp3) is 0.636. The zero-order chi connectivity index (χ0) is 13.5. The number of hydrogen-bond donors (Lipinski definition) is 2. The Bertz CT molecular complexity index is 464. The van der Waals surface area contributed by atoms with Gasteiger partial charge in [0.15, 0.2) is 0 Å². The van der Waals surface area contributed by atoms with Crippen LogP contribution in [0, 0.1) is 12.3 Å². The fourth-order valence-electron chi connectivity index (χ4n) is 1.43. The summed E-state index contributed by atoms with van der Waals surface area (Å²) in [5, 5.41) is 18.1. The molecule has 0 saturated heterocycles. The molecule has 2 N–H and O–H groups in total. The van der Waals surface area contributed by atoms with E-state index in [1.807, 2.05) is 0 Å². The highest BCUT2D eigenvalue weighted by Crippen LogP contribution is 2.18. The summed E-state index contributed by atoms with van der Waals surface area (Å²) >= 11 is 1.31. The van der Waals surface area contributed by atoms with E-state index in [0.29, 0.717) is 17.7 Å². The maximum Gasteiger partial charge on any atom is 0.231 e. The number of nitrogens with zero attached hydrogens (tertiary/aromatic N) is 4. The van der Waals surface area contributed by atoms with E-state index in [-0.39, 0.29) is 18.2 Å². The van der Waals surface area contributed by atoms with E-state index in [1.54, 1.807) is 4.68 Å². The maximum absolute atomic E-state index is 11.4. The first-order valence-corrected chi connectivity index (χ1v) is 7.10. The van der Waals surface area contributed by atoms with Crippen LogP contribution < -0.4 is 10.6 Å². The molecule has 0 bridgehead atoms. The number of nitrogens with one attached hydrogen (secondary N) is 2. The molecule has 8 heteroatoms. The van der Waals surface area contributed by atoms with Gasteiger partial charge in [0.1, 0.15) is 0 Å². The Hall–Kier alpha value is -1.59. The molecule has 0 unspecified atom stereocenters. The topological polar surface area (TPSA) is 84.7 Å². The Balaban J connectivity index is 1.71. The second-order valence-corrected chi connectivity index (χ2v) is 5.13. The molecule has 1 aromatic rings. The smallest absolute Gasteiger partial charge is 0.231 e. The third-order valence-electron chi connectivity index (χ3n) is 2.55. The minimum atomic E-state index is -0.117. The molecule has 1 fully saturated rings. The highest BCUT2D eigenvalue weighted by atomic mass is 32.2. The van der Waals surface area contributed by atoms with Crippen LogP contribution in [0.25, 0.3) is 0 Å². The molecule has 0 radical (unpaired) electrons. The first-order chi connectivity index (χ1) is 9.29. The first kappa shape index (κ1) is 13.8. The lowest BCUT2D eigenvalue weighted by Crippen LogP contribution is -2.26. The van der Waals surface area contributed by atoms with E-state index >= 15 is 0 Å². The molecule has 0 aliphatic heterocycles. The maximum atomic E-state index is 11.4. The Morgan fingerprint density at radius 3 is 3.16 bits per heavy atom. The van der Waals surface area contributed by atoms with E-state index in [4.69, 9.17) is 6.42 Å². The molecule has 0 aromatic carbocycles. The van der Waals surface area contributed by atoms with Crippen LogP contribution >= 0.6 is 11.8 Å². The number of aromatic nitrogens is 4. The summed E-state index contributed by atoms with van der Waals surface area (Å²) in [6.07, 6.45) is 7.57. The Labute approximate surface area is 115 Å². The second kappa shape index (κ2) is 7.11. The zero-order valence-electron chi connectivity index (χ0n) is 10.5. The van der Waals surface area contributed by atoms with Gasteiger partial charge in [-0.2, -0.15) is 0 Å². The van der Waals surface area contributed by atoms with Crippen LogP contribution in [0.15, 0.2) is 5.16 Å². The quantitative estimate of drug-likeness (QED) is 0.482. The van der Waals surface area contributed by atoms with Crippen LogP contribution in [0.4, 0.5) is 0 Å².